The summed E-state index contributed by atoms with van der Waals surface area (Å²) in [5, 5.41) is 5.98. The Kier molecular flexibility index (Phi) is 8.79. The van der Waals surface area contributed by atoms with Crippen molar-refractivity contribution in [2.75, 3.05) is 38.6 Å². The lowest BCUT2D eigenvalue weighted by Crippen LogP contribution is -2.37. The van der Waals surface area contributed by atoms with Gasteiger partial charge in [0.25, 0.3) is 5.91 Å². The summed E-state index contributed by atoms with van der Waals surface area (Å²) in [4.78, 5) is 31.2. The summed E-state index contributed by atoms with van der Waals surface area (Å²) >= 11 is 0. The van der Waals surface area contributed by atoms with Crippen LogP contribution in [0.2, 0.25) is 0 Å². The Morgan fingerprint density at radius 2 is 1.84 bits per heavy atom. The van der Waals surface area contributed by atoms with E-state index in [2.05, 4.69) is 25.3 Å². The van der Waals surface area contributed by atoms with Gasteiger partial charge in [0, 0.05) is 37.0 Å². The number of nitrogens with zero attached hydrogens (tertiary/aromatic N) is 2. The molecule has 0 bridgehead atoms. The van der Waals surface area contributed by atoms with E-state index in [0.29, 0.717) is 29.1 Å². The van der Waals surface area contributed by atoms with Crippen molar-refractivity contribution in [3.8, 4) is 11.1 Å². The van der Waals surface area contributed by atoms with Crippen LogP contribution in [-0.2, 0) is 11.3 Å². The number of anilines is 1. The van der Waals surface area contributed by atoms with E-state index in [9.17, 15) is 18.4 Å². The molecule has 0 atom stereocenters. The molecule has 0 saturated carbocycles. The summed E-state index contributed by atoms with van der Waals surface area (Å²) in [5.74, 6) is -1.85. The van der Waals surface area contributed by atoms with Crippen LogP contribution >= 0.6 is 0 Å². The van der Waals surface area contributed by atoms with Crippen LogP contribution in [0.5, 0.6) is 0 Å². The Hall–Kier alpha value is -3.85. The minimum Gasteiger partial charge on any atom is -0.465 e. The number of esters is 1. The molecular formula is C28H30F2N4O3. The van der Waals surface area contributed by atoms with Gasteiger partial charge in [0.2, 0.25) is 0 Å². The molecule has 7 nitrogen and oxygen atoms in total. The van der Waals surface area contributed by atoms with Gasteiger partial charge >= 0.3 is 5.97 Å². The topological polar surface area (TPSA) is 83.6 Å². The second-order valence-electron chi connectivity index (χ2n) is 8.90. The minimum absolute atomic E-state index is 0.117. The third-order valence-corrected chi connectivity index (χ3v) is 6.41. The molecule has 3 aromatic rings. The number of aromatic nitrogens is 1. The van der Waals surface area contributed by atoms with E-state index in [1.54, 1.807) is 24.3 Å². The molecule has 37 heavy (non-hydrogen) atoms. The molecule has 1 saturated heterocycles. The van der Waals surface area contributed by atoms with E-state index in [1.807, 2.05) is 0 Å². The zero-order valence-electron chi connectivity index (χ0n) is 20.7. The number of nitrogens with one attached hydrogen (secondary N) is 2. The highest BCUT2D eigenvalue weighted by Crippen LogP contribution is 2.28. The number of methoxy groups -OCH3 is 1. The van der Waals surface area contributed by atoms with Gasteiger partial charge in [-0.3, -0.25) is 4.79 Å². The van der Waals surface area contributed by atoms with Crippen molar-refractivity contribution < 1.29 is 23.1 Å². The summed E-state index contributed by atoms with van der Waals surface area (Å²) in [7, 11) is 1.16. The number of benzene rings is 2. The number of rotatable bonds is 9. The Labute approximate surface area is 214 Å². The molecule has 1 aliphatic rings. The van der Waals surface area contributed by atoms with E-state index in [-0.39, 0.29) is 23.6 Å². The lowest BCUT2D eigenvalue weighted by molar-refractivity contribution is 0.0596. The first-order chi connectivity index (χ1) is 18.0. The average Bonchev–Trinajstić information content (AvgIpc) is 2.92. The highest BCUT2D eigenvalue weighted by Gasteiger charge is 2.19. The highest BCUT2D eigenvalue weighted by atomic mass is 19.1. The van der Waals surface area contributed by atoms with Gasteiger partial charge in [0.15, 0.2) is 0 Å². The molecule has 9 heteroatoms. The number of pyridine rings is 1. The van der Waals surface area contributed by atoms with Crippen LogP contribution in [-0.4, -0.2) is 55.0 Å². The minimum atomic E-state index is -0.833. The maximum absolute atomic E-state index is 14.9. The lowest BCUT2D eigenvalue weighted by atomic mass is 9.98. The van der Waals surface area contributed by atoms with Crippen molar-refractivity contribution in [2.24, 2.45) is 0 Å². The van der Waals surface area contributed by atoms with Gasteiger partial charge in [-0.05, 0) is 61.3 Å². The molecule has 0 radical (unpaired) electrons. The number of halogens is 2. The van der Waals surface area contributed by atoms with Crippen LogP contribution in [0.3, 0.4) is 0 Å². The lowest BCUT2D eigenvalue weighted by Gasteiger charge is -2.26. The first kappa shape index (κ1) is 26.2. The Morgan fingerprint density at radius 3 is 2.59 bits per heavy atom. The van der Waals surface area contributed by atoms with Gasteiger partial charge < -0.3 is 20.3 Å². The number of carbonyl (C=O) groups excluding carboxylic acids is 2. The Bertz CT molecular complexity index is 1260. The first-order valence-corrected chi connectivity index (χ1v) is 12.3. The smallest absolute Gasteiger partial charge is 0.341 e. The summed E-state index contributed by atoms with van der Waals surface area (Å²) in [6.45, 7) is 3.67. The van der Waals surface area contributed by atoms with Crippen molar-refractivity contribution in [3.63, 3.8) is 0 Å². The maximum atomic E-state index is 14.9. The fourth-order valence-electron chi connectivity index (χ4n) is 4.40. The van der Waals surface area contributed by atoms with Crippen molar-refractivity contribution >= 4 is 17.7 Å². The molecule has 2 heterocycles. The third kappa shape index (κ3) is 6.68. The van der Waals surface area contributed by atoms with Crippen LogP contribution in [0.15, 0.2) is 54.7 Å². The largest absolute Gasteiger partial charge is 0.465 e. The number of hydrogen-bond acceptors (Lipinski definition) is 6. The van der Waals surface area contributed by atoms with E-state index >= 15 is 0 Å². The summed E-state index contributed by atoms with van der Waals surface area (Å²) in [6.07, 6.45) is 5.21. The van der Waals surface area contributed by atoms with Crippen LogP contribution in [0, 0.1) is 11.6 Å². The van der Waals surface area contributed by atoms with Crippen molar-refractivity contribution in [2.45, 2.75) is 25.8 Å². The molecule has 1 amide bonds. The van der Waals surface area contributed by atoms with E-state index in [0.717, 1.165) is 32.8 Å². The van der Waals surface area contributed by atoms with E-state index in [4.69, 9.17) is 0 Å². The second kappa shape index (κ2) is 12.4. The first-order valence-electron chi connectivity index (χ1n) is 12.3. The average molecular weight is 509 g/mol. The molecule has 0 spiro atoms. The number of carbonyl (C=O) groups is 2. The molecule has 0 unspecified atom stereocenters. The van der Waals surface area contributed by atoms with E-state index in [1.165, 1.54) is 43.7 Å². The molecule has 0 aliphatic carbocycles. The maximum Gasteiger partial charge on any atom is 0.341 e. The summed E-state index contributed by atoms with van der Waals surface area (Å²) in [6, 6.07) is 11.8. The van der Waals surface area contributed by atoms with Gasteiger partial charge in [-0.2, -0.15) is 0 Å². The van der Waals surface area contributed by atoms with Crippen LogP contribution in [0.4, 0.5) is 14.6 Å². The molecule has 1 aromatic heterocycles. The fourth-order valence-corrected chi connectivity index (χ4v) is 4.40. The predicted molar refractivity (Wildman–Crippen MR) is 137 cm³/mol. The molecule has 4 rings (SSSR count). The van der Waals surface area contributed by atoms with Crippen molar-refractivity contribution in [1.29, 1.82) is 0 Å². The monoisotopic (exact) mass is 508 g/mol. The van der Waals surface area contributed by atoms with E-state index < -0.39 is 17.6 Å². The number of hydrogen-bond donors (Lipinski definition) is 2. The molecule has 2 aromatic carbocycles. The SMILES string of the molecule is COC(=O)c1c(F)cccc1-c1ccc(CNc2cc(C(=O)NCCN3CCCCC3)ccn2)c(F)c1. The predicted octanol–water partition coefficient (Wildman–Crippen LogP) is 4.64. The van der Waals surface area contributed by atoms with Crippen LogP contribution < -0.4 is 10.6 Å². The number of likely N-dealkylation sites (tertiary alicyclic amines) is 1. The summed E-state index contributed by atoms with van der Waals surface area (Å²) < 4.78 is 33.9. The zero-order chi connectivity index (χ0) is 26.2. The number of amides is 1. The van der Waals surface area contributed by atoms with Gasteiger partial charge in [-0.15, -0.1) is 0 Å². The fraction of sp³-hybridized carbons (Fsp3) is 0.321. The summed E-state index contributed by atoms with van der Waals surface area (Å²) in [5.41, 5.74) is 1.16. The van der Waals surface area contributed by atoms with Gasteiger partial charge in [0.05, 0.1) is 7.11 Å². The number of ether oxygens (including phenoxy) is 1. The molecule has 1 fully saturated rings. The molecule has 2 N–H and O–H groups in total. The molecular weight excluding hydrogens is 478 g/mol. The number of piperidine rings is 1. The van der Waals surface area contributed by atoms with Crippen molar-refractivity contribution in [1.82, 2.24) is 15.2 Å². The third-order valence-electron chi connectivity index (χ3n) is 6.41. The molecule has 194 valence electrons. The zero-order valence-corrected chi connectivity index (χ0v) is 20.7. The standard InChI is InChI=1S/C28H30F2N4O3/c1-37-28(36)26-22(6-5-7-23(26)29)19-8-9-21(24(30)16-19)18-33-25-17-20(10-11-31-25)27(35)32-12-15-34-13-3-2-4-14-34/h5-11,16-17H,2-4,12-15,18H2,1H3,(H,31,33)(H,32,35). The molecule has 1 aliphatic heterocycles. The van der Waals surface area contributed by atoms with Crippen LogP contribution in [0.25, 0.3) is 11.1 Å². The van der Waals surface area contributed by atoms with Gasteiger partial charge in [-0.1, -0.05) is 30.7 Å². The second-order valence-corrected chi connectivity index (χ2v) is 8.90. The highest BCUT2D eigenvalue weighted by molar-refractivity contribution is 5.97. The van der Waals surface area contributed by atoms with Crippen molar-refractivity contribution in [3.05, 3.63) is 83.1 Å². The Balaban J connectivity index is 1.38. The van der Waals surface area contributed by atoms with Gasteiger partial charge in [0.1, 0.15) is 23.0 Å². The normalized spacial score (nSPS) is 13.7. The van der Waals surface area contributed by atoms with Gasteiger partial charge in [-0.25, -0.2) is 18.6 Å². The Morgan fingerprint density at radius 1 is 1.03 bits per heavy atom. The quantitative estimate of drug-likeness (QED) is 0.410. The van der Waals surface area contributed by atoms with Crippen LogP contribution in [0.1, 0.15) is 45.5 Å².